The van der Waals surface area contributed by atoms with Gasteiger partial charge in [0.05, 0.1) is 26.4 Å². The molecule has 1 heterocycles. The van der Waals surface area contributed by atoms with E-state index in [4.69, 9.17) is 14.2 Å². The summed E-state index contributed by atoms with van der Waals surface area (Å²) in [5.41, 5.74) is 0.668. The Morgan fingerprint density at radius 1 is 1.20 bits per heavy atom. The second kappa shape index (κ2) is 11.8. The van der Waals surface area contributed by atoms with Crippen LogP contribution in [0.25, 0.3) is 0 Å². The van der Waals surface area contributed by atoms with Crippen LogP contribution in [0.15, 0.2) is 29.3 Å². The first-order valence-electron chi connectivity index (χ1n) is 10.5. The Balaban J connectivity index is 2.07. The molecule has 0 amide bonds. The predicted octanol–water partition coefficient (Wildman–Crippen LogP) is 1.97. The lowest BCUT2D eigenvalue weighted by Crippen LogP contribution is -2.46. The van der Waals surface area contributed by atoms with Gasteiger partial charge in [0.25, 0.3) is 0 Å². The van der Waals surface area contributed by atoms with Crippen LogP contribution >= 0.6 is 0 Å². The highest BCUT2D eigenvalue weighted by Gasteiger charge is 2.23. The van der Waals surface area contributed by atoms with Crippen molar-refractivity contribution in [3.63, 3.8) is 0 Å². The molecule has 1 aromatic carbocycles. The third-order valence-corrected chi connectivity index (χ3v) is 4.58. The number of hydrogen-bond acceptors (Lipinski definition) is 6. The van der Waals surface area contributed by atoms with Crippen molar-refractivity contribution in [2.75, 3.05) is 53.0 Å². The second-order valence-electron chi connectivity index (χ2n) is 8.10. The van der Waals surface area contributed by atoms with Gasteiger partial charge >= 0.3 is 5.97 Å². The molecular formula is C22H36N4O4. The Morgan fingerprint density at radius 3 is 2.43 bits per heavy atom. The number of guanidine groups is 1. The molecule has 0 aromatic heterocycles. The van der Waals surface area contributed by atoms with Gasteiger partial charge in [-0.05, 0) is 45.4 Å². The molecule has 0 spiro atoms. The summed E-state index contributed by atoms with van der Waals surface area (Å²) in [5, 5.41) is 6.58. The van der Waals surface area contributed by atoms with E-state index in [1.54, 1.807) is 7.11 Å². The van der Waals surface area contributed by atoms with Crippen molar-refractivity contribution in [1.82, 2.24) is 15.5 Å². The lowest BCUT2D eigenvalue weighted by Gasteiger charge is -2.35. The zero-order valence-electron chi connectivity index (χ0n) is 18.9. The Bertz CT molecular complexity index is 679. The van der Waals surface area contributed by atoms with Crippen LogP contribution in [0.3, 0.4) is 0 Å². The van der Waals surface area contributed by atoms with E-state index in [0.717, 1.165) is 32.1 Å². The Kier molecular flexibility index (Phi) is 9.39. The van der Waals surface area contributed by atoms with E-state index in [9.17, 15) is 4.79 Å². The zero-order valence-corrected chi connectivity index (χ0v) is 18.9. The number of carbonyl (C=O) groups is 1. The summed E-state index contributed by atoms with van der Waals surface area (Å²) in [7, 11) is 1.67. The van der Waals surface area contributed by atoms with E-state index in [0.29, 0.717) is 19.0 Å². The molecule has 1 fully saturated rings. The SMILES string of the molecule is CCNC(=NCC(=O)OC(C)(C)C)NCC(c1ccc(OC)cc1)N1CCOCC1. The summed E-state index contributed by atoms with van der Waals surface area (Å²) in [6.45, 7) is 12.0. The number of rotatable bonds is 8. The van der Waals surface area contributed by atoms with E-state index < -0.39 is 5.60 Å². The standard InChI is InChI=1S/C22H36N4O4/c1-6-23-21(25-16-20(27)30-22(2,3)4)24-15-19(26-11-13-29-14-12-26)17-7-9-18(28-5)10-8-17/h7-10,19H,6,11-16H2,1-5H3,(H2,23,24,25). The van der Waals surface area contributed by atoms with Gasteiger partial charge in [0.1, 0.15) is 17.9 Å². The molecule has 0 aliphatic carbocycles. The minimum atomic E-state index is -0.520. The molecule has 168 valence electrons. The van der Waals surface area contributed by atoms with Gasteiger partial charge in [-0.3, -0.25) is 9.69 Å². The number of methoxy groups -OCH3 is 1. The lowest BCUT2D eigenvalue weighted by molar-refractivity contribution is -0.152. The first-order valence-corrected chi connectivity index (χ1v) is 10.5. The van der Waals surface area contributed by atoms with E-state index in [2.05, 4.69) is 32.7 Å². The van der Waals surface area contributed by atoms with Crippen molar-refractivity contribution >= 4 is 11.9 Å². The molecule has 1 unspecified atom stereocenters. The molecule has 0 saturated carbocycles. The second-order valence-corrected chi connectivity index (χ2v) is 8.10. The molecule has 1 aliphatic rings. The van der Waals surface area contributed by atoms with Gasteiger partial charge in [-0.25, -0.2) is 4.99 Å². The van der Waals surface area contributed by atoms with Gasteiger partial charge in [0.2, 0.25) is 0 Å². The van der Waals surface area contributed by atoms with Gasteiger partial charge in [0, 0.05) is 26.2 Å². The van der Waals surface area contributed by atoms with Crippen LogP contribution in [0.4, 0.5) is 0 Å². The van der Waals surface area contributed by atoms with Gasteiger partial charge in [-0.15, -0.1) is 0 Å². The van der Waals surface area contributed by atoms with Crippen molar-refractivity contribution in [1.29, 1.82) is 0 Å². The van der Waals surface area contributed by atoms with E-state index in [1.807, 2.05) is 39.8 Å². The minimum Gasteiger partial charge on any atom is -0.497 e. The molecule has 0 bridgehead atoms. The van der Waals surface area contributed by atoms with Crippen molar-refractivity contribution in [3.8, 4) is 5.75 Å². The van der Waals surface area contributed by atoms with E-state index in [1.165, 1.54) is 5.56 Å². The van der Waals surface area contributed by atoms with E-state index >= 15 is 0 Å². The van der Waals surface area contributed by atoms with Crippen molar-refractivity contribution in [2.45, 2.75) is 39.3 Å². The van der Waals surface area contributed by atoms with Crippen molar-refractivity contribution < 1.29 is 19.0 Å². The number of aliphatic imine (C=N–C) groups is 1. The van der Waals surface area contributed by atoms with Gasteiger partial charge < -0.3 is 24.8 Å². The van der Waals surface area contributed by atoms with Crippen LogP contribution in [-0.2, 0) is 14.3 Å². The van der Waals surface area contributed by atoms with Crippen LogP contribution in [0.1, 0.15) is 39.3 Å². The normalized spacial score (nSPS) is 16.6. The zero-order chi connectivity index (χ0) is 22.0. The van der Waals surface area contributed by atoms with Crippen LogP contribution in [0.2, 0.25) is 0 Å². The number of benzene rings is 1. The minimum absolute atomic E-state index is 0.0304. The van der Waals surface area contributed by atoms with Crippen molar-refractivity contribution in [3.05, 3.63) is 29.8 Å². The molecule has 2 rings (SSSR count). The van der Waals surface area contributed by atoms with Crippen LogP contribution in [0.5, 0.6) is 5.75 Å². The number of carbonyl (C=O) groups excluding carboxylic acids is 1. The molecule has 1 saturated heterocycles. The Morgan fingerprint density at radius 2 is 1.87 bits per heavy atom. The van der Waals surface area contributed by atoms with Crippen molar-refractivity contribution in [2.24, 2.45) is 4.99 Å². The quantitative estimate of drug-likeness (QED) is 0.378. The maximum absolute atomic E-state index is 12.0. The average Bonchev–Trinajstić information content (AvgIpc) is 2.72. The fourth-order valence-electron chi connectivity index (χ4n) is 3.23. The maximum Gasteiger partial charge on any atom is 0.328 e. The first-order chi connectivity index (χ1) is 14.3. The molecule has 2 N–H and O–H groups in total. The monoisotopic (exact) mass is 420 g/mol. The summed E-state index contributed by atoms with van der Waals surface area (Å²) < 4.78 is 16.2. The Hall–Kier alpha value is -2.32. The third-order valence-electron chi connectivity index (χ3n) is 4.58. The van der Waals surface area contributed by atoms with E-state index in [-0.39, 0.29) is 18.6 Å². The van der Waals surface area contributed by atoms with Gasteiger partial charge in [-0.1, -0.05) is 12.1 Å². The smallest absolute Gasteiger partial charge is 0.328 e. The third kappa shape index (κ3) is 8.20. The van der Waals surface area contributed by atoms with Gasteiger partial charge in [0.15, 0.2) is 5.96 Å². The number of nitrogens with zero attached hydrogens (tertiary/aromatic N) is 2. The summed E-state index contributed by atoms with van der Waals surface area (Å²) in [6.07, 6.45) is 0. The highest BCUT2D eigenvalue weighted by atomic mass is 16.6. The largest absolute Gasteiger partial charge is 0.497 e. The molecule has 1 aliphatic heterocycles. The topological polar surface area (TPSA) is 84.4 Å². The van der Waals surface area contributed by atoms with Crippen LogP contribution < -0.4 is 15.4 Å². The molecule has 1 aromatic rings. The number of hydrogen-bond donors (Lipinski definition) is 2. The number of nitrogens with one attached hydrogen (secondary N) is 2. The van der Waals surface area contributed by atoms with Crippen LogP contribution in [0, 0.1) is 0 Å². The summed E-state index contributed by atoms with van der Waals surface area (Å²) in [5.74, 6) is 1.08. The fourth-order valence-corrected chi connectivity index (χ4v) is 3.23. The highest BCUT2D eigenvalue weighted by Crippen LogP contribution is 2.23. The van der Waals surface area contributed by atoms with Gasteiger partial charge in [-0.2, -0.15) is 0 Å². The summed E-state index contributed by atoms with van der Waals surface area (Å²) in [6, 6.07) is 8.27. The Labute approximate surface area is 180 Å². The molecule has 0 radical (unpaired) electrons. The predicted molar refractivity (Wildman–Crippen MR) is 118 cm³/mol. The number of morpholine rings is 1. The average molecular weight is 421 g/mol. The molecule has 8 nitrogen and oxygen atoms in total. The molecule has 30 heavy (non-hydrogen) atoms. The highest BCUT2D eigenvalue weighted by molar-refractivity contribution is 5.83. The maximum atomic E-state index is 12.0. The molecule has 8 heteroatoms. The molecule has 1 atom stereocenters. The fraction of sp³-hybridized carbons (Fsp3) is 0.636. The summed E-state index contributed by atoms with van der Waals surface area (Å²) >= 11 is 0. The molecular weight excluding hydrogens is 384 g/mol. The number of esters is 1. The van der Waals surface area contributed by atoms with Crippen LogP contribution in [-0.4, -0.2) is 75.5 Å². The lowest BCUT2D eigenvalue weighted by atomic mass is 10.0. The number of ether oxygens (including phenoxy) is 3. The first kappa shape index (κ1) is 24.0. The summed E-state index contributed by atoms with van der Waals surface area (Å²) in [4.78, 5) is 18.8.